The Labute approximate surface area is 348 Å². The Morgan fingerprint density at radius 1 is 0.417 bits per heavy atom. The quantitative estimate of drug-likeness (QED) is 0.179. The van der Waals surface area contributed by atoms with Crippen LogP contribution in [-0.4, -0.2) is 19.5 Å². The molecule has 12 rings (SSSR count). The molecule has 60 heavy (non-hydrogen) atoms. The van der Waals surface area contributed by atoms with Crippen molar-refractivity contribution in [2.75, 3.05) is 0 Å². The first-order valence-electron chi connectivity index (χ1n) is 21.0. The van der Waals surface area contributed by atoms with E-state index in [-0.39, 0.29) is 10.8 Å². The molecule has 0 unspecified atom stereocenters. The second-order valence-electron chi connectivity index (χ2n) is 18.0. The van der Waals surface area contributed by atoms with Gasteiger partial charge in [-0.3, -0.25) is 0 Å². The maximum Gasteiger partial charge on any atom is 0.164 e. The molecule has 1 aliphatic carbocycles. The summed E-state index contributed by atoms with van der Waals surface area (Å²) in [5.74, 6) is 1.87. The van der Waals surface area contributed by atoms with Crippen molar-refractivity contribution in [1.29, 1.82) is 0 Å². The Morgan fingerprint density at radius 3 is 1.67 bits per heavy atom. The molecule has 5 nitrogen and oxygen atoms in total. The van der Waals surface area contributed by atoms with Gasteiger partial charge in [0.1, 0.15) is 11.2 Å². The zero-order valence-corrected chi connectivity index (χ0v) is 34.1. The predicted octanol–water partition coefficient (Wildman–Crippen LogP) is 14.5. The van der Waals surface area contributed by atoms with Crippen molar-refractivity contribution in [2.24, 2.45) is 0 Å². The van der Waals surface area contributed by atoms with Crippen molar-refractivity contribution in [3.8, 4) is 39.9 Å². The first kappa shape index (κ1) is 34.9. The van der Waals surface area contributed by atoms with E-state index in [0.717, 1.165) is 49.7 Å². The van der Waals surface area contributed by atoms with Gasteiger partial charge >= 0.3 is 0 Å². The fourth-order valence-corrected chi connectivity index (χ4v) is 9.76. The number of para-hydroxylation sites is 1. The van der Waals surface area contributed by atoms with Crippen LogP contribution in [0, 0.1) is 0 Å². The average Bonchev–Trinajstić information content (AvgIpc) is 3.81. The molecule has 0 radical (unpaired) electrons. The number of nitrogens with zero attached hydrogens (tertiary/aromatic N) is 4. The van der Waals surface area contributed by atoms with Gasteiger partial charge in [-0.1, -0.05) is 107 Å². The van der Waals surface area contributed by atoms with E-state index in [4.69, 9.17) is 19.4 Å². The summed E-state index contributed by atoms with van der Waals surface area (Å²) >= 11 is 0. The smallest absolute Gasteiger partial charge is 0.164 e. The molecule has 0 amide bonds. The number of benzene rings is 8. The summed E-state index contributed by atoms with van der Waals surface area (Å²) in [6.07, 6.45) is 2.34. The molecule has 288 valence electrons. The molecule has 0 saturated carbocycles. The van der Waals surface area contributed by atoms with Crippen LogP contribution in [-0.2, 0) is 10.8 Å². The van der Waals surface area contributed by atoms with E-state index in [1.54, 1.807) is 0 Å². The maximum atomic E-state index is 6.18. The van der Waals surface area contributed by atoms with Gasteiger partial charge in [-0.25, -0.2) is 15.0 Å². The summed E-state index contributed by atoms with van der Waals surface area (Å²) in [5, 5.41) is 9.49. The van der Waals surface area contributed by atoms with Crippen LogP contribution >= 0.6 is 0 Å². The number of fused-ring (bicyclic) bond motifs is 9. The topological polar surface area (TPSA) is 56.7 Å². The highest BCUT2D eigenvalue weighted by atomic mass is 16.3. The predicted molar refractivity (Wildman–Crippen MR) is 248 cm³/mol. The van der Waals surface area contributed by atoms with Crippen molar-refractivity contribution < 1.29 is 4.42 Å². The second kappa shape index (κ2) is 12.7. The number of rotatable bonds is 4. The molecule has 0 saturated heterocycles. The Kier molecular flexibility index (Phi) is 7.38. The molecule has 3 heterocycles. The van der Waals surface area contributed by atoms with Crippen molar-refractivity contribution in [3.63, 3.8) is 0 Å². The molecular formula is C55H42N4O. The summed E-state index contributed by atoms with van der Waals surface area (Å²) in [6.45, 7) is 9.65. The number of furan rings is 1. The molecule has 0 fully saturated rings. The van der Waals surface area contributed by atoms with Crippen molar-refractivity contribution >= 4 is 65.3 Å². The first-order chi connectivity index (χ1) is 29.2. The third-order valence-electron chi connectivity index (χ3n) is 13.3. The molecule has 0 N–H and O–H groups in total. The zero-order chi connectivity index (χ0) is 40.3. The van der Waals surface area contributed by atoms with Crippen molar-refractivity contribution in [2.45, 2.75) is 51.4 Å². The molecule has 5 heteroatoms. The van der Waals surface area contributed by atoms with Crippen LogP contribution in [0.3, 0.4) is 0 Å². The second-order valence-corrected chi connectivity index (χ2v) is 18.0. The first-order valence-corrected chi connectivity index (χ1v) is 21.0. The highest BCUT2D eigenvalue weighted by Gasteiger charge is 2.38. The van der Waals surface area contributed by atoms with E-state index in [1.807, 2.05) is 30.3 Å². The number of hydrogen-bond acceptors (Lipinski definition) is 4. The summed E-state index contributed by atoms with van der Waals surface area (Å²) < 4.78 is 8.64. The molecule has 1 aliphatic rings. The Balaban J connectivity index is 1.04. The standard InChI is InChI=1S/C55H42N4O/c1-54(2)25-26-55(3,4)46-32-48-43(31-45(46)54)42-28-36-13-7-8-14-37(36)30-47(42)59(48)40-22-19-34(20-23-40)51-56-52(38-18-17-33-11-5-6-12-35(33)27-38)58-53(57-51)39-21-24-50-44(29-39)41-15-9-10-16-49(41)60-50/h5-24,27-32H,25-26H2,1-4H3. The van der Waals surface area contributed by atoms with Crippen LogP contribution < -0.4 is 0 Å². The summed E-state index contributed by atoms with van der Waals surface area (Å²) in [5.41, 5.74) is 11.1. The SMILES string of the molecule is CC1(C)CCC(C)(C)c2cc3c(cc21)c1cc2ccccc2cc1n3-c1ccc(-c2nc(-c3ccc4ccccc4c3)nc(-c3ccc4oc5ccccc5c4c3)n2)cc1. The zero-order valence-electron chi connectivity index (χ0n) is 34.1. The fraction of sp³-hybridized carbons (Fsp3) is 0.145. The lowest BCUT2D eigenvalue weighted by Gasteiger charge is -2.42. The van der Waals surface area contributed by atoms with E-state index in [2.05, 4.69) is 160 Å². The summed E-state index contributed by atoms with van der Waals surface area (Å²) in [6, 6.07) is 56.4. The van der Waals surface area contributed by atoms with Crippen molar-refractivity contribution in [3.05, 3.63) is 169 Å². The van der Waals surface area contributed by atoms with Gasteiger partial charge in [0.15, 0.2) is 17.5 Å². The highest BCUT2D eigenvalue weighted by molar-refractivity contribution is 6.14. The lowest BCUT2D eigenvalue weighted by Crippen LogP contribution is -2.33. The molecular weight excluding hydrogens is 733 g/mol. The van der Waals surface area contributed by atoms with Crippen molar-refractivity contribution in [1.82, 2.24) is 19.5 Å². The van der Waals surface area contributed by atoms with Crippen LogP contribution in [0.15, 0.2) is 162 Å². The normalized spacial score (nSPS) is 14.8. The molecule has 11 aromatic rings. The minimum absolute atomic E-state index is 0.0866. The lowest BCUT2D eigenvalue weighted by molar-refractivity contribution is 0.332. The third-order valence-corrected chi connectivity index (χ3v) is 13.3. The van der Waals surface area contributed by atoms with Crippen LogP contribution in [0.2, 0.25) is 0 Å². The van der Waals surface area contributed by atoms with Crippen LogP contribution in [0.1, 0.15) is 51.7 Å². The molecule has 8 aromatic carbocycles. The van der Waals surface area contributed by atoms with Gasteiger partial charge < -0.3 is 8.98 Å². The summed E-state index contributed by atoms with van der Waals surface area (Å²) in [4.78, 5) is 15.5. The number of aromatic nitrogens is 4. The Bertz CT molecular complexity index is 3550. The van der Waals surface area contributed by atoms with E-state index in [0.29, 0.717) is 17.5 Å². The third kappa shape index (κ3) is 5.42. The van der Waals surface area contributed by atoms with Crippen LogP contribution in [0.5, 0.6) is 0 Å². The minimum Gasteiger partial charge on any atom is -0.456 e. The van der Waals surface area contributed by atoms with Crippen LogP contribution in [0.25, 0.3) is 105 Å². The van der Waals surface area contributed by atoms with Gasteiger partial charge in [0.05, 0.1) is 11.0 Å². The van der Waals surface area contributed by atoms with E-state index >= 15 is 0 Å². The monoisotopic (exact) mass is 774 g/mol. The Morgan fingerprint density at radius 2 is 0.933 bits per heavy atom. The maximum absolute atomic E-state index is 6.18. The van der Waals surface area contributed by atoms with Gasteiger partial charge in [0.25, 0.3) is 0 Å². The van der Waals surface area contributed by atoms with Crippen LogP contribution in [0.4, 0.5) is 0 Å². The summed E-state index contributed by atoms with van der Waals surface area (Å²) in [7, 11) is 0. The van der Waals surface area contributed by atoms with Gasteiger partial charge in [-0.15, -0.1) is 0 Å². The molecule has 3 aromatic heterocycles. The van der Waals surface area contributed by atoms with Gasteiger partial charge in [-0.05, 0) is 135 Å². The molecule has 0 spiro atoms. The van der Waals surface area contributed by atoms with Gasteiger partial charge in [0, 0.05) is 43.9 Å². The lowest BCUT2D eigenvalue weighted by atomic mass is 9.63. The van der Waals surface area contributed by atoms with E-state index < -0.39 is 0 Å². The number of hydrogen-bond donors (Lipinski definition) is 0. The highest BCUT2D eigenvalue weighted by Crippen LogP contribution is 2.49. The largest absolute Gasteiger partial charge is 0.456 e. The minimum atomic E-state index is 0.0866. The van der Waals surface area contributed by atoms with Gasteiger partial charge in [0.2, 0.25) is 0 Å². The van der Waals surface area contributed by atoms with E-state index in [9.17, 15) is 0 Å². The fourth-order valence-electron chi connectivity index (χ4n) is 9.76. The molecule has 0 atom stereocenters. The van der Waals surface area contributed by atoms with Gasteiger partial charge in [-0.2, -0.15) is 0 Å². The molecule has 0 bridgehead atoms. The average molecular weight is 775 g/mol. The Hall–Kier alpha value is -7.11. The molecule has 0 aliphatic heterocycles. The van der Waals surface area contributed by atoms with E-state index in [1.165, 1.54) is 61.9 Å².